The molecule has 2 N–H and O–H groups in total. The largest absolute Gasteiger partial charge is 0.325 e. The van der Waals surface area contributed by atoms with Gasteiger partial charge in [-0.2, -0.15) is 0 Å². The molecule has 3 aromatic heterocycles. The molecule has 0 spiro atoms. The van der Waals surface area contributed by atoms with E-state index in [4.69, 9.17) is 5.73 Å². The lowest BCUT2D eigenvalue weighted by Gasteiger charge is -1.99. The highest BCUT2D eigenvalue weighted by molar-refractivity contribution is 5.64. The summed E-state index contributed by atoms with van der Waals surface area (Å²) < 4.78 is 2.04. The van der Waals surface area contributed by atoms with E-state index in [0.717, 1.165) is 22.6 Å². The van der Waals surface area contributed by atoms with E-state index in [2.05, 4.69) is 9.97 Å². The number of nitrogens with zero attached hydrogens (tertiary/aromatic N) is 3. The van der Waals surface area contributed by atoms with Crippen LogP contribution in [0, 0.1) is 0 Å². The van der Waals surface area contributed by atoms with Crippen LogP contribution in [0.5, 0.6) is 0 Å². The molecule has 0 saturated heterocycles. The van der Waals surface area contributed by atoms with Crippen molar-refractivity contribution in [1.82, 2.24) is 14.4 Å². The van der Waals surface area contributed by atoms with Gasteiger partial charge < -0.3 is 5.73 Å². The summed E-state index contributed by atoms with van der Waals surface area (Å²) in [6, 6.07) is 9.89. The van der Waals surface area contributed by atoms with Crippen LogP contribution in [0.15, 0.2) is 48.9 Å². The summed E-state index contributed by atoms with van der Waals surface area (Å²) >= 11 is 0. The van der Waals surface area contributed by atoms with E-state index in [1.165, 1.54) is 0 Å². The first-order chi connectivity index (χ1) is 8.40. The van der Waals surface area contributed by atoms with Crippen LogP contribution in [0.1, 0.15) is 5.69 Å². The Morgan fingerprint density at radius 3 is 2.88 bits per heavy atom. The summed E-state index contributed by atoms with van der Waals surface area (Å²) in [5, 5.41) is 0. The molecule has 0 amide bonds. The summed E-state index contributed by atoms with van der Waals surface area (Å²) in [5.74, 6) is 0.883. The Morgan fingerprint density at radius 2 is 2.12 bits per heavy atom. The second-order valence-electron chi connectivity index (χ2n) is 3.78. The van der Waals surface area contributed by atoms with Crippen LogP contribution in [-0.2, 0) is 6.54 Å². The number of hydrogen-bond acceptors (Lipinski definition) is 3. The van der Waals surface area contributed by atoms with Gasteiger partial charge >= 0.3 is 0 Å². The Morgan fingerprint density at radius 1 is 1.18 bits per heavy atom. The number of aromatic nitrogens is 3. The first-order valence-corrected chi connectivity index (χ1v) is 5.46. The molecule has 0 aromatic carbocycles. The molecule has 0 aliphatic carbocycles. The number of nitrogens with two attached hydrogens (primary N) is 1. The normalized spacial score (nSPS) is 10.9. The van der Waals surface area contributed by atoms with Crippen LogP contribution < -0.4 is 5.73 Å². The SMILES string of the molecule is NCc1nc(-c2cccnc2)n2ccccc12. The van der Waals surface area contributed by atoms with Gasteiger partial charge in [0.25, 0.3) is 0 Å². The molecule has 0 fully saturated rings. The van der Waals surface area contributed by atoms with Gasteiger partial charge in [0.2, 0.25) is 0 Å². The number of fused-ring (bicyclic) bond motifs is 1. The van der Waals surface area contributed by atoms with E-state index in [0.29, 0.717) is 6.54 Å². The summed E-state index contributed by atoms with van der Waals surface area (Å²) in [6.45, 7) is 0.438. The Bertz CT molecular complexity index is 643. The summed E-state index contributed by atoms with van der Waals surface area (Å²) in [4.78, 5) is 8.69. The zero-order chi connectivity index (χ0) is 11.7. The average molecular weight is 224 g/mol. The van der Waals surface area contributed by atoms with Crippen LogP contribution in [-0.4, -0.2) is 14.4 Å². The molecule has 0 aliphatic rings. The smallest absolute Gasteiger partial charge is 0.146 e. The third kappa shape index (κ3) is 1.59. The van der Waals surface area contributed by atoms with E-state index in [-0.39, 0.29) is 0 Å². The van der Waals surface area contributed by atoms with Crippen molar-refractivity contribution in [2.24, 2.45) is 5.73 Å². The van der Waals surface area contributed by atoms with Crippen LogP contribution in [0.3, 0.4) is 0 Å². The molecule has 4 nitrogen and oxygen atoms in total. The molecule has 17 heavy (non-hydrogen) atoms. The Hall–Kier alpha value is -2.20. The molecule has 0 aliphatic heterocycles. The molecule has 84 valence electrons. The Kier molecular flexibility index (Phi) is 2.34. The van der Waals surface area contributed by atoms with Crippen molar-refractivity contribution in [2.45, 2.75) is 6.54 Å². The molecule has 0 atom stereocenters. The predicted molar refractivity (Wildman–Crippen MR) is 66.3 cm³/mol. The fourth-order valence-corrected chi connectivity index (χ4v) is 1.95. The summed E-state index contributed by atoms with van der Waals surface area (Å²) in [7, 11) is 0. The van der Waals surface area contributed by atoms with Crippen molar-refractivity contribution in [2.75, 3.05) is 0 Å². The minimum atomic E-state index is 0.438. The lowest BCUT2D eigenvalue weighted by atomic mass is 10.3. The van der Waals surface area contributed by atoms with Crippen LogP contribution in [0.2, 0.25) is 0 Å². The minimum absolute atomic E-state index is 0.438. The maximum absolute atomic E-state index is 5.72. The van der Waals surface area contributed by atoms with E-state index < -0.39 is 0 Å². The second kappa shape index (κ2) is 3.99. The highest BCUT2D eigenvalue weighted by Gasteiger charge is 2.10. The predicted octanol–water partition coefficient (Wildman–Crippen LogP) is 1.85. The summed E-state index contributed by atoms with van der Waals surface area (Å²) in [6.07, 6.45) is 5.55. The van der Waals surface area contributed by atoms with Crippen molar-refractivity contribution in [1.29, 1.82) is 0 Å². The average Bonchev–Trinajstić information content (AvgIpc) is 2.78. The minimum Gasteiger partial charge on any atom is -0.325 e. The maximum atomic E-state index is 5.72. The standard InChI is InChI=1S/C13H12N4/c14-8-11-12-5-1-2-7-17(12)13(16-11)10-4-3-6-15-9-10/h1-7,9H,8,14H2. The molecule has 4 heteroatoms. The van der Waals surface area contributed by atoms with Crippen molar-refractivity contribution in [3.8, 4) is 11.4 Å². The molecular weight excluding hydrogens is 212 g/mol. The van der Waals surface area contributed by atoms with Gasteiger partial charge in [0.05, 0.1) is 11.2 Å². The van der Waals surface area contributed by atoms with Gasteiger partial charge in [-0.3, -0.25) is 9.38 Å². The molecule has 0 radical (unpaired) electrons. The number of rotatable bonds is 2. The zero-order valence-corrected chi connectivity index (χ0v) is 9.24. The third-order valence-corrected chi connectivity index (χ3v) is 2.74. The molecule has 0 saturated carbocycles. The van der Waals surface area contributed by atoms with Crippen molar-refractivity contribution < 1.29 is 0 Å². The fraction of sp³-hybridized carbons (Fsp3) is 0.0769. The lowest BCUT2D eigenvalue weighted by Crippen LogP contribution is -1.96. The highest BCUT2D eigenvalue weighted by Crippen LogP contribution is 2.21. The van der Waals surface area contributed by atoms with E-state index in [9.17, 15) is 0 Å². The van der Waals surface area contributed by atoms with Crippen molar-refractivity contribution >= 4 is 5.52 Å². The molecule has 3 rings (SSSR count). The lowest BCUT2D eigenvalue weighted by molar-refractivity contribution is 1.02. The molecule has 3 heterocycles. The van der Waals surface area contributed by atoms with Gasteiger partial charge in [0, 0.05) is 30.7 Å². The van der Waals surface area contributed by atoms with Gasteiger partial charge in [0.15, 0.2) is 0 Å². The first kappa shape index (κ1) is 9.99. The van der Waals surface area contributed by atoms with Crippen LogP contribution >= 0.6 is 0 Å². The quantitative estimate of drug-likeness (QED) is 0.722. The number of hydrogen-bond donors (Lipinski definition) is 1. The van der Waals surface area contributed by atoms with Gasteiger partial charge in [0.1, 0.15) is 5.82 Å². The topological polar surface area (TPSA) is 56.2 Å². The zero-order valence-electron chi connectivity index (χ0n) is 9.24. The van der Waals surface area contributed by atoms with Crippen LogP contribution in [0.4, 0.5) is 0 Å². The Labute approximate surface area is 98.8 Å². The molecule has 0 bridgehead atoms. The summed E-state index contributed by atoms with van der Waals surface area (Å²) in [5.41, 5.74) is 8.67. The maximum Gasteiger partial charge on any atom is 0.146 e. The second-order valence-corrected chi connectivity index (χ2v) is 3.78. The molecular formula is C13H12N4. The number of imidazole rings is 1. The van der Waals surface area contributed by atoms with Crippen molar-refractivity contribution in [3.05, 3.63) is 54.6 Å². The third-order valence-electron chi connectivity index (χ3n) is 2.74. The number of pyridine rings is 2. The van der Waals surface area contributed by atoms with Gasteiger partial charge in [-0.1, -0.05) is 6.07 Å². The molecule has 0 unspecified atom stereocenters. The van der Waals surface area contributed by atoms with Crippen LogP contribution in [0.25, 0.3) is 16.9 Å². The van der Waals surface area contributed by atoms with E-state index in [1.807, 2.05) is 47.1 Å². The van der Waals surface area contributed by atoms with E-state index in [1.54, 1.807) is 6.20 Å². The highest BCUT2D eigenvalue weighted by atomic mass is 15.0. The van der Waals surface area contributed by atoms with Crippen molar-refractivity contribution in [3.63, 3.8) is 0 Å². The van der Waals surface area contributed by atoms with Gasteiger partial charge in [-0.05, 0) is 24.3 Å². The van der Waals surface area contributed by atoms with Gasteiger partial charge in [-0.25, -0.2) is 4.98 Å². The first-order valence-electron chi connectivity index (χ1n) is 5.46. The Balaban J connectivity index is 2.31. The molecule has 3 aromatic rings. The fourth-order valence-electron chi connectivity index (χ4n) is 1.95. The van der Waals surface area contributed by atoms with Gasteiger partial charge in [-0.15, -0.1) is 0 Å². The van der Waals surface area contributed by atoms with E-state index >= 15 is 0 Å². The monoisotopic (exact) mass is 224 g/mol.